The largest absolute Gasteiger partial charge is 0.310 e. The smallest absolute Gasteiger partial charge is 0.114 e. The fourth-order valence-corrected chi connectivity index (χ4v) is 2.48. The molecule has 0 aromatic rings. The Morgan fingerprint density at radius 2 is 2.00 bits per heavy atom. The quantitative estimate of drug-likeness (QED) is 0.774. The number of alkyl halides is 1. The van der Waals surface area contributed by atoms with Crippen LogP contribution < -0.4 is 5.32 Å². The molecule has 3 atom stereocenters. The van der Waals surface area contributed by atoms with Gasteiger partial charge in [0.25, 0.3) is 0 Å². The van der Waals surface area contributed by atoms with Crippen molar-refractivity contribution in [3.8, 4) is 0 Å². The topological polar surface area (TPSA) is 15.3 Å². The summed E-state index contributed by atoms with van der Waals surface area (Å²) in [5.41, 5.74) is 0. The van der Waals surface area contributed by atoms with Crippen molar-refractivity contribution in [3.05, 3.63) is 0 Å². The van der Waals surface area contributed by atoms with Gasteiger partial charge in [-0.05, 0) is 26.3 Å². The minimum Gasteiger partial charge on any atom is -0.310 e. The van der Waals surface area contributed by atoms with Gasteiger partial charge in [-0.3, -0.25) is 0 Å². The number of likely N-dealkylation sites (N-methyl/N-ethyl adjacent to an activating group) is 1. The zero-order chi connectivity index (χ0) is 13.3. The summed E-state index contributed by atoms with van der Waals surface area (Å²) in [5, 5.41) is 3.24. The van der Waals surface area contributed by atoms with Crippen molar-refractivity contribution in [2.75, 3.05) is 20.1 Å². The van der Waals surface area contributed by atoms with Crippen LogP contribution in [0.1, 0.15) is 53.4 Å². The Bertz CT molecular complexity index is 176. The van der Waals surface area contributed by atoms with Crippen molar-refractivity contribution in [3.63, 3.8) is 0 Å². The van der Waals surface area contributed by atoms with Crippen LogP contribution in [0.15, 0.2) is 0 Å². The normalized spacial score (nSPS) is 25.6. The maximum atomic E-state index is 13.0. The molecule has 1 aliphatic rings. The number of hydrogen-bond acceptors (Lipinski definition) is 2. The summed E-state index contributed by atoms with van der Waals surface area (Å²) in [5.74, 6) is 0. The van der Waals surface area contributed by atoms with Gasteiger partial charge in [0.1, 0.15) is 6.17 Å². The highest BCUT2D eigenvalue weighted by Crippen LogP contribution is 2.14. The molecule has 0 radical (unpaired) electrons. The Morgan fingerprint density at radius 3 is 2.41 bits per heavy atom. The Kier molecular flexibility index (Phi) is 9.75. The fraction of sp³-hybridized carbons (Fsp3) is 1.00. The van der Waals surface area contributed by atoms with E-state index in [2.05, 4.69) is 31.1 Å². The molecule has 1 aliphatic heterocycles. The Balaban J connectivity index is 0.00000121. The third kappa shape index (κ3) is 6.37. The lowest BCUT2D eigenvalue weighted by atomic mass is 10.1. The molecular weight excluding hydrogens is 215 g/mol. The molecule has 1 heterocycles. The highest BCUT2D eigenvalue weighted by atomic mass is 19.1. The standard InChI is InChI=1S/C12H25FN2.C2H6/c1-4-6-12(5-2)15(3)9-11-7-10(13)8-14-11;1-2/h10-12,14H,4-9H2,1-3H3;1-2H3. The fourth-order valence-electron chi connectivity index (χ4n) is 2.48. The van der Waals surface area contributed by atoms with Gasteiger partial charge in [0.15, 0.2) is 0 Å². The molecule has 17 heavy (non-hydrogen) atoms. The minimum absolute atomic E-state index is 0.357. The molecule has 104 valence electrons. The minimum atomic E-state index is -0.630. The third-order valence-corrected chi connectivity index (χ3v) is 3.39. The Morgan fingerprint density at radius 1 is 1.35 bits per heavy atom. The number of nitrogens with one attached hydrogen (secondary N) is 1. The summed E-state index contributed by atoms with van der Waals surface area (Å²) in [4.78, 5) is 2.39. The molecule has 0 spiro atoms. The molecule has 1 fully saturated rings. The summed E-state index contributed by atoms with van der Waals surface area (Å²) in [6.45, 7) is 9.99. The van der Waals surface area contributed by atoms with Crippen LogP contribution in [0.25, 0.3) is 0 Å². The maximum Gasteiger partial charge on any atom is 0.114 e. The molecule has 0 aromatic carbocycles. The van der Waals surface area contributed by atoms with Gasteiger partial charge >= 0.3 is 0 Å². The summed E-state index contributed by atoms with van der Waals surface area (Å²) in [7, 11) is 2.16. The average molecular weight is 246 g/mol. The zero-order valence-corrected chi connectivity index (χ0v) is 12.3. The molecule has 1 saturated heterocycles. The monoisotopic (exact) mass is 246 g/mol. The predicted molar refractivity (Wildman–Crippen MR) is 74.3 cm³/mol. The molecule has 3 heteroatoms. The van der Waals surface area contributed by atoms with E-state index in [0.29, 0.717) is 25.0 Å². The lowest BCUT2D eigenvalue weighted by Crippen LogP contribution is -2.40. The van der Waals surface area contributed by atoms with E-state index in [1.54, 1.807) is 0 Å². The second-order valence-electron chi connectivity index (χ2n) is 4.73. The van der Waals surface area contributed by atoms with Crippen LogP contribution in [0, 0.1) is 0 Å². The van der Waals surface area contributed by atoms with Crippen LogP contribution in [-0.4, -0.2) is 43.3 Å². The molecule has 1 rings (SSSR count). The van der Waals surface area contributed by atoms with E-state index < -0.39 is 6.17 Å². The summed E-state index contributed by atoms with van der Waals surface area (Å²) in [6, 6.07) is 1.02. The van der Waals surface area contributed by atoms with Crippen LogP contribution in [0.3, 0.4) is 0 Å². The molecule has 1 N–H and O–H groups in total. The van der Waals surface area contributed by atoms with Gasteiger partial charge in [-0.2, -0.15) is 0 Å². The first-order valence-electron chi connectivity index (χ1n) is 7.25. The lowest BCUT2D eigenvalue weighted by molar-refractivity contribution is 0.203. The molecule has 2 nitrogen and oxygen atoms in total. The number of halogens is 1. The van der Waals surface area contributed by atoms with Gasteiger partial charge in [0, 0.05) is 25.2 Å². The van der Waals surface area contributed by atoms with Crippen molar-refractivity contribution < 1.29 is 4.39 Å². The van der Waals surface area contributed by atoms with E-state index in [0.717, 1.165) is 6.54 Å². The van der Waals surface area contributed by atoms with Crippen LogP contribution >= 0.6 is 0 Å². The molecule has 0 saturated carbocycles. The van der Waals surface area contributed by atoms with Crippen molar-refractivity contribution >= 4 is 0 Å². The molecule has 0 aliphatic carbocycles. The molecule has 0 aromatic heterocycles. The maximum absolute atomic E-state index is 13.0. The molecule has 0 amide bonds. The molecule has 3 unspecified atom stereocenters. The number of hydrogen-bond donors (Lipinski definition) is 1. The van der Waals surface area contributed by atoms with E-state index in [1.807, 2.05) is 13.8 Å². The highest BCUT2D eigenvalue weighted by molar-refractivity contribution is 4.84. The summed E-state index contributed by atoms with van der Waals surface area (Å²) in [6.07, 6.45) is 3.73. The van der Waals surface area contributed by atoms with Crippen molar-refractivity contribution in [2.24, 2.45) is 0 Å². The van der Waals surface area contributed by atoms with E-state index >= 15 is 0 Å². The highest BCUT2D eigenvalue weighted by Gasteiger charge is 2.25. The second-order valence-corrected chi connectivity index (χ2v) is 4.73. The molecular formula is C14H31FN2. The zero-order valence-electron chi connectivity index (χ0n) is 12.3. The summed E-state index contributed by atoms with van der Waals surface area (Å²) >= 11 is 0. The van der Waals surface area contributed by atoms with Crippen LogP contribution in [0.5, 0.6) is 0 Å². The van der Waals surface area contributed by atoms with E-state index in [-0.39, 0.29) is 0 Å². The van der Waals surface area contributed by atoms with Gasteiger partial charge in [0.05, 0.1) is 0 Å². The number of nitrogens with zero attached hydrogens (tertiary/aromatic N) is 1. The first kappa shape index (κ1) is 16.9. The van der Waals surface area contributed by atoms with E-state index in [9.17, 15) is 4.39 Å². The average Bonchev–Trinajstić information content (AvgIpc) is 2.74. The third-order valence-electron chi connectivity index (χ3n) is 3.39. The summed E-state index contributed by atoms with van der Waals surface area (Å²) < 4.78 is 13.0. The van der Waals surface area contributed by atoms with Crippen LogP contribution in [-0.2, 0) is 0 Å². The van der Waals surface area contributed by atoms with Gasteiger partial charge in [-0.15, -0.1) is 0 Å². The van der Waals surface area contributed by atoms with Gasteiger partial charge in [-0.1, -0.05) is 34.1 Å². The first-order valence-corrected chi connectivity index (χ1v) is 7.25. The van der Waals surface area contributed by atoms with Crippen LogP contribution in [0.4, 0.5) is 4.39 Å². The van der Waals surface area contributed by atoms with Gasteiger partial charge in [-0.25, -0.2) is 4.39 Å². The first-order chi connectivity index (χ1) is 8.17. The lowest BCUT2D eigenvalue weighted by Gasteiger charge is -2.29. The van der Waals surface area contributed by atoms with Crippen LogP contribution in [0.2, 0.25) is 0 Å². The van der Waals surface area contributed by atoms with Crippen molar-refractivity contribution in [1.82, 2.24) is 10.2 Å². The number of rotatable bonds is 6. The van der Waals surface area contributed by atoms with Crippen molar-refractivity contribution in [1.29, 1.82) is 0 Å². The van der Waals surface area contributed by atoms with E-state index in [1.165, 1.54) is 19.3 Å². The Hall–Kier alpha value is -0.150. The molecule has 0 bridgehead atoms. The SMILES string of the molecule is CC.CCCC(CC)N(C)CC1CC(F)CN1. The predicted octanol–water partition coefficient (Wildman–Crippen LogP) is 3.22. The van der Waals surface area contributed by atoms with Crippen molar-refractivity contribution in [2.45, 2.75) is 71.6 Å². The van der Waals surface area contributed by atoms with Gasteiger partial charge < -0.3 is 10.2 Å². The Labute approximate surface area is 107 Å². The van der Waals surface area contributed by atoms with Gasteiger partial charge in [0.2, 0.25) is 0 Å². The second kappa shape index (κ2) is 9.84. The van der Waals surface area contributed by atoms with E-state index in [4.69, 9.17) is 0 Å².